The minimum Gasteiger partial charge on any atom is -0.382 e. The van der Waals surface area contributed by atoms with Crippen LogP contribution in [0.5, 0.6) is 0 Å². The molecule has 0 radical (unpaired) electrons. The number of fused-ring (bicyclic) bond motifs is 1. The van der Waals surface area contributed by atoms with Crippen molar-refractivity contribution in [3.05, 3.63) is 78.2 Å². The minimum absolute atomic E-state index is 0.107. The summed E-state index contributed by atoms with van der Waals surface area (Å²) >= 11 is 0. The van der Waals surface area contributed by atoms with E-state index in [0.717, 1.165) is 18.6 Å². The molecule has 33 heavy (non-hydrogen) atoms. The highest BCUT2D eigenvalue weighted by Crippen LogP contribution is 2.32. The monoisotopic (exact) mass is 456 g/mol. The van der Waals surface area contributed by atoms with Crippen LogP contribution < -0.4 is 11.1 Å². The molecule has 4 aromatic rings. The average Bonchev–Trinajstić information content (AvgIpc) is 3.16. The molecule has 0 unspecified atom stereocenters. The average molecular weight is 456 g/mol. The summed E-state index contributed by atoms with van der Waals surface area (Å²) in [4.78, 5) is 10.8. The van der Waals surface area contributed by atoms with Crippen molar-refractivity contribution in [2.75, 3.05) is 11.1 Å². The molecule has 8 nitrogen and oxygen atoms in total. The molecular weight excluding hydrogens is 440 g/mol. The Hall–Kier alpha value is -4.35. The third kappa shape index (κ3) is 4.49. The number of rotatable bonds is 6. The third-order valence-electron chi connectivity index (χ3n) is 4.73. The summed E-state index contributed by atoms with van der Waals surface area (Å²) in [5.74, 6) is -1.60. The molecule has 0 fully saturated rings. The first-order valence-electron chi connectivity index (χ1n) is 9.49. The van der Waals surface area contributed by atoms with Gasteiger partial charge in [-0.1, -0.05) is 12.1 Å². The fourth-order valence-corrected chi connectivity index (χ4v) is 3.19. The number of nitrogens with zero attached hydrogens (tertiary/aromatic N) is 5. The number of hydrogen-bond acceptors (Lipinski definition) is 7. The van der Waals surface area contributed by atoms with Gasteiger partial charge in [-0.05, 0) is 23.8 Å². The maximum Gasteiger partial charge on any atom is 0.451 e. The van der Waals surface area contributed by atoms with Crippen LogP contribution in [0.3, 0.4) is 0 Å². The Morgan fingerprint density at radius 2 is 1.88 bits per heavy atom. The zero-order valence-corrected chi connectivity index (χ0v) is 16.8. The zero-order valence-electron chi connectivity index (χ0n) is 16.8. The number of hydrogen-bond donors (Lipinski definition) is 3. The van der Waals surface area contributed by atoms with Gasteiger partial charge >= 0.3 is 6.18 Å². The van der Waals surface area contributed by atoms with Crippen LogP contribution in [0.15, 0.2) is 60.8 Å². The summed E-state index contributed by atoms with van der Waals surface area (Å²) in [5.41, 5.74) is 8.39. The number of para-hydroxylation sites is 1. The van der Waals surface area contributed by atoms with Crippen molar-refractivity contribution in [2.24, 2.45) is 0 Å². The fraction of sp³-hybridized carbons (Fsp3) is 0.0952. The van der Waals surface area contributed by atoms with Crippen molar-refractivity contribution in [1.82, 2.24) is 24.6 Å². The van der Waals surface area contributed by atoms with E-state index in [9.17, 15) is 17.6 Å². The Kier molecular flexibility index (Phi) is 5.73. The lowest BCUT2D eigenvalue weighted by Gasteiger charge is -2.06. The number of nitrogens with two attached hydrogens (primary N) is 1. The zero-order chi connectivity index (χ0) is 23.6. The quantitative estimate of drug-likeness (QED) is 0.297. The van der Waals surface area contributed by atoms with Crippen molar-refractivity contribution in [1.29, 1.82) is 5.41 Å². The summed E-state index contributed by atoms with van der Waals surface area (Å²) in [5, 5.41) is 14.7. The van der Waals surface area contributed by atoms with Crippen molar-refractivity contribution >= 4 is 23.2 Å². The molecule has 0 saturated carbocycles. The smallest absolute Gasteiger partial charge is 0.382 e. The number of halogens is 4. The second kappa shape index (κ2) is 8.65. The van der Waals surface area contributed by atoms with E-state index in [2.05, 4.69) is 25.4 Å². The van der Waals surface area contributed by atoms with Crippen molar-refractivity contribution in [2.45, 2.75) is 12.6 Å². The number of allylic oxidation sites excluding steroid dienone is 1. The summed E-state index contributed by atoms with van der Waals surface area (Å²) in [7, 11) is 0. The molecule has 4 N–H and O–H groups in total. The summed E-state index contributed by atoms with van der Waals surface area (Å²) in [6.45, 7) is 0. The maximum atomic E-state index is 13.9. The molecule has 3 aromatic heterocycles. The van der Waals surface area contributed by atoms with Crippen molar-refractivity contribution in [3.63, 3.8) is 0 Å². The number of alkyl halides is 3. The predicted octanol–water partition coefficient (Wildman–Crippen LogP) is 4.11. The molecular formula is C21H16F4N8. The van der Waals surface area contributed by atoms with Gasteiger partial charge < -0.3 is 16.5 Å². The van der Waals surface area contributed by atoms with Gasteiger partial charge in [0.2, 0.25) is 5.82 Å². The second-order valence-corrected chi connectivity index (χ2v) is 6.91. The van der Waals surface area contributed by atoms with E-state index >= 15 is 0 Å². The second-order valence-electron chi connectivity index (χ2n) is 6.91. The first-order valence-corrected chi connectivity index (χ1v) is 9.49. The Balaban J connectivity index is 1.72. The minimum atomic E-state index is -4.66. The molecule has 0 aliphatic carbocycles. The Morgan fingerprint density at radius 1 is 1.15 bits per heavy atom. The normalized spacial score (nSPS) is 12.2. The van der Waals surface area contributed by atoms with Crippen LogP contribution in [0.25, 0.3) is 16.6 Å². The van der Waals surface area contributed by atoms with Crippen LogP contribution in [0.4, 0.5) is 29.1 Å². The van der Waals surface area contributed by atoms with Gasteiger partial charge in [0, 0.05) is 48.0 Å². The van der Waals surface area contributed by atoms with E-state index < -0.39 is 17.8 Å². The molecule has 4 rings (SSSR count). The lowest BCUT2D eigenvalue weighted by atomic mass is 10.1. The Bertz CT molecular complexity index is 1340. The summed E-state index contributed by atoms with van der Waals surface area (Å²) < 4.78 is 53.8. The van der Waals surface area contributed by atoms with E-state index in [1.165, 1.54) is 23.1 Å². The molecule has 3 heterocycles. The van der Waals surface area contributed by atoms with Crippen LogP contribution in [-0.2, 0) is 12.6 Å². The van der Waals surface area contributed by atoms with Gasteiger partial charge in [-0.3, -0.25) is 0 Å². The summed E-state index contributed by atoms with van der Waals surface area (Å²) in [6, 6.07) is 7.75. The topological polar surface area (TPSA) is 118 Å². The van der Waals surface area contributed by atoms with E-state index in [1.54, 1.807) is 24.3 Å². The molecule has 0 bridgehead atoms. The van der Waals surface area contributed by atoms with Gasteiger partial charge in [0.1, 0.15) is 17.7 Å². The number of nitrogen functional groups attached to an aromatic ring is 1. The van der Waals surface area contributed by atoms with E-state index in [1.807, 2.05) is 0 Å². The van der Waals surface area contributed by atoms with Gasteiger partial charge in [-0.15, -0.1) is 0 Å². The van der Waals surface area contributed by atoms with Crippen LogP contribution in [-0.4, -0.2) is 30.8 Å². The molecule has 0 amide bonds. The van der Waals surface area contributed by atoms with E-state index in [-0.39, 0.29) is 23.5 Å². The van der Waals surface area contributed by atoms with Crippen LogP contribution in [0.2, 0.25) is 0 Å². The molecule has 1 aromatic carbocycles. The van der Waals surface area contributed by atoms with Crippen LogP contribution in [0, 0.1) is 11.2 Å². The van der Waals surface area contributed by atoms with Crippen molar-refractivity contribution in [3.8, 4) is 11.1 Å². The highest BCUT2D eigenvalue weighted by molar-refractivity contribution is 5.88. The largest absolute Gasteiger partial charge is 0.451 e. The van der Waals surface area contributed by atoms with Gasteiger partial charge in [-0.25, -0.2) is 23.9 Å². The molecule has 0 aliphatic heterocycles. The van der Waals surface area contributed by atoms with Gasteiger partial charge in [-0.2, -0.15) is 18.3 Å². The Morgan fingerprint density at radius 3 is 2.55 bits per heavy atom. The lowest BCUT2D eigenvalue weighted by molar-refractivity contribution is -0.144. The lowest BCUT2D eigenvalue weighted by Crippen LogP contribution is -2.10. The number of benzene rings is 1. The molecule has 0 saturated heterocycles. The molecule has 0 atom stereocenters. The maximum absolute atomic E-state index is 13.9. The first kappa shape index (κ1) is 21.9. The molecule has 0 spiro atoms. The molecule has 0 aliphatic rings. The standard InChI is InChI=1S/C21H16F4N8/c22-16-3-1-2-4-17(16)28-8-12(7-26)5-14-6-15(18-19(27)31-11-32-33(14)18)13-9-29-20(30-10-13)21(23,24)25/h1-4,6-11,26,28H,5H2,(H2,27,31,32)/b12-8-,26-7?. The SMILES string of the molecule is N=C/C(=C\Nc1ccccc1F)Cc1cc(-c2cnc(C(F)(F)F)nc2)c2c(N)ncnn12. The van der Waals surface area contributed by atoms with E-state index in [4.69, 9.17) is 11.1 Å². The fourth-order valence-electron chi connectivity index (χ4n) is 3.19. The predicted molar refractivity (Wildman–Crippen MR) is 114 cm³/mol. The van der Waals surface area contributed by atoms with Gasteiger partial charge in [0.05, 0.1) is 5.69 Å². The first-order chi connectivity index (χ1) is 15.8. The molecule has 168 valence electrons. The number of nitrogens with one attached hydrogen (secondary N) is 2. The highest BCUT2D eigenvalue weighted by Gasteiger charge is 2.34. The van der Waals surface area contributed by atoms with Crippen molar-refractivity contribution < 1.29 is 17.6 Å². The van der Waals surface area contributed by atoms with Gasteiger partial charge in [0.15, 0.2) is 5.82 Å². The highest BCUT2D eigenvalue weighted by atomic mass is 19.4. The van der Waals surface area contributed by atoms with Crippen LogP contribution >= 0.6 is 0 Å². The molecule has 12 heteroatoms. The number of anilines is 2. The van der Waals surface area contributed by atoms with Gasteiger partial charge in [0.25, 0.3) is 0 Å². The third-order valence-corrected chi connectivity index (χ3v) is 4.73. The summed E-state index contributed by atoms with van der Waals surface area (Å²) in [6.07, 6.45) is 1.44. The van der Waals surface area contributed by atoms with Crippen LogP contribution in [0.1, 0.15) is 11.5 Å². The number of aromatic nitrogens is 5. The van der Waals surface area contributed by atoms with E-state index in [0.29, 0.717) is 22.3 Å². The Labute approximate surface area is 184 Å².